The molecule has 0 spiro atoms. The molecule has 2 fully saturated rings. The van der Waals surface area contributed by atoms with Gasteiger partial charge in [0.1, 0.15) is 11.4 Å². The minimum atomic E-state index is -0.496. The molecule has 9 heteroatoms. The summed E-state index contributed by atoms with van der Waals surface area (Å²) in [6, 6.07) is 9.20. The third kappa shape index (κ3) is 6.21. The molecule has 0 saturated carbocycles. The van der Waals surface area contributed by atoms with E-state index in [1.54, 1.807) is 16.8 Å². The fraction of sp³-hybridized carbons (Fsp3) is 0.593. The summed E-state index contributed by atoms with van der Waals surface area (Å²) >= 11 is 6.16. The van der Waals surface area contributed by atoms with Crippen molar-refractivity contribution in [3.05, 3.63) is 46.7 Å². The minimum absolute atomic E-state index is 0.0399. The zero-order valence-corrected chi connectivity index (χ0v) is 22.3. The van der Waals surface area contributed by atoms with Crippen molar-refractivity contribution in [2.45, 2.75) is 52.5 Å². The summed E-state index contributed by atoms with van der Waals surface area (Å²) in [7, 11) is 0. The van der Waals surface area contributed by atoms with Crippen LogP contribution < -0.4 is 4.74 Å². The Morgan fingerprint density at radius 2 is 1.94 bits per heavy atom. The first-order valence-electron chi connectivity index (χ1n) is 12.9. The SMILES string of the molecule is CCn1nc(C(C)C)cc1C(=O)N1CCCC(COc2cccc(Cl)c2)(CC(=O)N2CCOCC2)C1. The summed E-state index contributed by atoms with van der Waals surface area (Å²) in [5.41, 5.74) is 1.02. The highest BCUT2D eigenvalue weighted by molar-refractivity contribution is 6.30. The number of aryl methyl sites for hydroxylation is 1. The Labute approximate surface area is 218 Å². The van der Waals surface area contributed by atoms with E-state index in [-0.39, 0.29) is 17.7 Å². The number of ether oxygens (including phenoxy) is 2. The van der Waals surface area contributed by atoms with Crippen molar-refractivity contribution in [3.63, 3.8) is 0 Å². The van der Waals surface area contributed by atoms with E-state index in [0.29, 0.717) is 75.4 Å². The van der Waals surface area contributed by atoms with Crippen molar-refractivity contribution in [2.75, 3.05) is 46.0 Å². The first-order chi connectivity index (χ1) is 17.3. The summed E-state index contributed by atoms with van der Waals surface area (Å²) in [5.74, 6) is 0.946. The van der Waals surface area contributed by atoms with Crippen molar-refractivity contribution in [1.82, 2.24) is 19.6 Å². The number of amides is 2. The van der Waals surface area contributed by atoms with E-state index < -0.39 is 5.41 Å². The average Bonchev–Trinajstić information content (AvgIpc) is 3.33. The third-order valence-corrected chi connectivity index (χ3v) is 7.32. The molecular formula is C27H37ClN4O4. The van der Waals surface area contributed by atoms with Crippen LogP contribution in [0.4, 0.5) is 0 Å². The lowest BCUT2D eigenvalue weighted by atomic mass is 9.77. The molecule has 0 radical (unpaired) electrons. The average molecular weight is 517 g/mol. The quantitative estimate of drug-likeness (QED) is 0.524. The van der Waals surface area contributed by atoms with Crippen molar-refractivity contribution in [2.24, 2.45) is 5.41 Å². The Bertz CT molecular complexity index is 1070. The van der Waals surface area contributed by atoms with Gasteiger partial charge in [-0.2, -0.15) is 5.10 Å². The summed E-state index contributed by atoms with van der Waals surface area (Å²) in [6.07, 6.45) is 1.93. The third-order valence-electron chi connectivity index (χ3n) is 7.09. The van der Waals surface area contributed by atoms with Gasteiger partial charge in [0.15, 0.2) is 0 Å². The number of carbonyl (C=O) groups excluding carboxylic acids is 2. The fourth-order valence-corrected chi connectivity index (χ4v) is 5.21. The molecule has 4 rings (SSSR count). The lowest BCUT2D eigenvalue weighted by molar-refractivity contribution is -0.139. The Hall–Kier alpha value is -2.58. The molecule has 36 heavy (non-hydrogen) atoms. The summed E-state index contributed by atoms with van der Waals surface area (Å²) in [6.45, 7) is 10.5. The fourth-order valence-electron chi connectivity index (χ4n) is 5.03. The number of piperidine rings is 1. The first-order valence-corrected chi connectivity index (χ1v) is 13.3. The normalized spacial score (nSPS) is 20.6. The zero-order valence-electron chi connectivity index (χ0n) is 21.5. The smallest absolute Gasteiger partial charge is 0.272 e. The lowest BCUT2D eigenvalue weighted by Gasteiger charge is -2.43. The maximum atomic E-state index is 13.7. The van der Waals surface area contributed by atoms with Gasteiger partial charge in [-0.25, -0.2) is 0 Å². The van der Waals surface area contributed by atoms with Gasteiger partial charge in [0.05, 0.1) is 25.5 Å². The van der Waals surface area contributed by atoms with Gasteiger partial charge in [0.25, 0.3) is 5.91 Å². The van der Waals surface area contributed by atoms with Gasteiger partial charge in [0, 0.05) is 49.6 Å². The molecular weight excluding hydrogens is 480 g/mol. The maximum Gasteiger partial charge on any atom is 0.272 e. The first kappa shape index (κ1) is 26.5. The van der Waals surface area contributed by atoms with Crippen LogP contribution in [0.3, 0.4) is 0 Å². The van der Waals surface area contributed by atoms with Crippen LogP contribution in [0.25, 0.3) is 0 Å². The number of likely N-dealkylation sites (tertiary alicyclic amines) is 1. The minimum Gasteiger partial charge on any atom is -0.493 e. The molecule has 1 aromatic carbocycles. The number of benzene rings is 1. The van der Waals surface area contributed by atoms with Crippen LogP contribution in [-0.2, 0) is 16.1 Å². The number of hydrogen-bond acceptors (Lipinski definition) is 5. The van der Waals surface area contributed by atoms with Crippen molar-refractivity contribution < 1.29 is 19.1 Å². The Morgan fingerprint density at radius 3 is 2.64 bits per heavy atom. The second kappa shape index (κ2) is 11.6. The van der Waals surface area contributed by atoms with Gasteiger partial charge in [-0.1, -0.05) is 31.5 Å². The van der Waals surface area contributed by atoms with Gasteiger partial charge >= 0.3 is 0 Å². The number of nitrogens with zero attached hydrogens (tertiary/aromatic N) is 4. The highest BCUT2D eigenvalue weighted by Crippen LogP contribution is 2.36. The lowest BCUT2D eigenvalue weighted by Crippen LogP contribution is -2.52. The Kier molecular flexibility index (Phi) is 8.57. The summed E-state index contributed by atoms with van der Waals surface area (Å²) in [5, 5.41) is 5.23. The molecule has 2 amide bonds. The molecule has 0 aliphatic carbocycles. The molecule has 8 nitrogen and oxygen atoms in total. The van der Waals surface area contributed by atoms with Crippen molar-refractivity contribution >= 4 is 23.4 Å². The van der Waals surface area contributed by atoms with Crippen LogP contribution >= 0.6 is 11.6 Å². The van der Waals surface area contributed by atoms with Gasteiger partial charge in [-0.3, -0.25) is 14.3 Å². The molecule has 1 aromatic heterocycles. The molecule has 1 unspecified atom stereocenters. The van der Waals surface area contributed by atoms with Crippen LogP contribution in [0.2, 0.25) is 5.02 Å². The van der Waals surface area contributed by atoms with Crippen LogP contribution in [-0.4, -0.2) is 77.4 Å². The van der Waals surface area contributed by atoms with Crippen molar-refractivity contribution in [1.29, 1.82) is 0 Å². The van der Waals surface area contributed by atoms with Gasteiger partial charge in [0.2, 0.25) is 5.91 Å². The van der Waals surface area contributed by atoms with Crippen molar-refractivity contribution in [3.8, 4) is 5.75 Å². The predicted octanol–water partition coefficient (Wildman–Crippen LogP) is 4.23. The number of aromatic nitrogens is 2. The number of morpholine rings is 1. The van der Waals surface area contributed by atoms with E-state index >= 15 is 0 Å². The van der Waals surface area contributed by atoms with Gasteiger partial charge < -0.3 is 19.3 Å². The summed E-state index contributed by atoms with van der Waals surface area (Å²) in [4.78, 5) is 30.8. The molecule has 2 aliphatic heterocycles. The molecule has 2 saturated heterocycles. The zero-order chi connectivity index (χ0) is 25.7. The van der Waals surface area contributed by atoms with E-state index in [0.717, 1.165) is 18.5 Å². The maximum absolute atomic E-state index is 13.7. The van der Waals surface area contributed by atoms with E-state index in [4.69, 9.17) is 21.1 Å². The van der Waals surface area contributed by atoms with E-state index in [1.807, 2.05) is 34.9 Å². The van der Waals surface area contributed by atoms with E-state index in [2.05, 4.69) is 18.9 Å². The second-order valence-electron chi connectivity index (χ2n) is 10.2. The van der Waals surface area contributed by atoms with Crippen LogP contribution in [0, 0.1) is 5.41 Å². The van der Waals surface area contributed by atoms with Crippen LogP contribution in [0.5, 0.6) is 5.75 Å². The molecule has 0 bridgehead atoms. The Balaban J connectivity index is 1.56. The van der Waals surface area contributed by atoms with Gasteiger partial charge in [-0.05, 0) is 49.9 Å². The molecule has 2 aliphatic rings. The van der Waals surface area contributed by atoms with E-state index in [9.17, 15) is 9.59 Å². The largest absolute Gasteiger partial charge is 0.493 e. The highest BCUT2D eigenvalue weighted by atomic mass is 35.5. The molecule has 2 aromatic rings. The monoisotopic (exact) mass is 516 g/mol. The van der Waals surface area contributed by atoms with E-state index in [1.165, 1.54) is 0 Å². The molecule has 196 valence electrons. The van der Waals surface area contributed by atoms with Gasteiger partial charge in [-0.15, -0.1) is 0 Å². The topological polar surface area (TPSA) is 76.9 Å². The number of halogens is 1. The number of hydrogen-bond donors (Lipinski definition) is 0. The molecule has 1 atom stereocenters. The Morgan fingerprint density at radius 1 is 1.17 bits per heavy atom. The predicted molar refractivity (Wildman–Crippen MR) is 139 cm³/mol. The molecule has 3 heterocycles. The second-order valence-corrected chi connectivity index (χ2v) is 10.6. The molecule has 0 N–H and O–H groups in total. The summed E-state index contributed by atoms with van der Waals surface area (Å²) < 4.78 is 13.4. The number of carbonyl (C=O) groups is 2. The standard InChI is InChI=1S/C27H37ClN4O4/c1-4-32-24(16-23(29-32)20(2)3)26(34)31-10-6-9-27(18-31,17-25(33)30-11-13-35-14-12-30)19-36-22-8-5-7-21(28)15-22/h5,7-8,15-16,20H,4,6,9-14,17-19H2,1-3H3. The van der Waals surface area contributed by atoms with Crippen LogP contribution in [0.1, 0.15) is 62.1 Å². The van der Waals surface area contributed by atoms with Crippen LogP contribution in [0.15, 0.2) is 30.3 Å². The number of rotatable bonds is 8. The highest BCUT2D eigenvalue weighted by Gasteiger charge is 2.41.